The Hall–Kier alpha value is -0.705. The van der Waals surface area contributed by atoms with Crippen LogP contribution >= 0.6 is 24.8 Å². The van der Waals surface area contributed by atoms with Crippen LogP contribution in [-0.2, 0) is 11.2 Å². The summed E-state index contributed by atoms with van der Waals surface area (Å²) in [6.45, 7) is 4.98. The Bertz CT molecular complexity index is 510. The number of unbranched alkanes of at least 4 members (excludes halogenated alkanes) is 1. The molecule has 146 valence electrons. The lowest BCUT2D eigenvalue weighted by atomic mass is 9.63. The molecule has 1 fully saturated rings. The number of piperidine rings is 1. The topological polar surface area (TPSA) is 40.5 Å². The standard InChI is InChI=1S/C20H30BNO2.2ClH/c1-2-3-11-20(21,19(23)24)12-15-22-13-9-18(10-14-22)16-17-7-5-4-6-8-17;;/h4-8,18H,2-3,9-16H2,1H3,(H,23,24);2*1H. The Kier molecular flexibility index (Phi) is 12.3. The molecule has 0 amide bonds. The molecule has 0 aromatic heterocycles. The van der Waals surface area contributed by atoms with Gasteiger partial charge in [0, 0.05) is 5.31 Å². The maximum atomic E-state index is 11.5. The molecule has 2 rings (SSSR count). The van der Waals surface area contributed by atoms with Crippen LogP contribution in [0.4, 0.5) is 0 Å². The minimum absolute atomic E-state index is 0. The minimum atomic E-state index is -1.06. The maximum absolute atomic E-state index is 11.5. The molecule has 1 unspecified atom stereocenters. The Balaban J connectivity index is 0.00000312. The summed E-state index contributed by atoms with van der Waals surface area (Å²) >= 11 is 0. The number of hydrogen-bond donors (Lipinski definition) is 1. The molecule has 1 N–H and O–H groups in total. The van der Waals surface area contributed by atoms with Crippen LogP contribution in [0, 0.1) is 5.92 Å². The number of nitrogens with zero attached hydrogens (tertiary/aromatic N) is 1. The van der Waals surface area contributed by atoms with Gasteiger partial charge in [-0.2, -0.15) is 0 Å². The molecule has 1 aliphatic heterocycles. The van der Waals surface area contributed by atoms with E-state index in [1.54, 1.807) is 0 Å². The number of rotatable bonds is 9. The molecular formula is C20H32BCl2NO2. The maximum Gasteiger partial charge on any atom is 0.300 e. The van der Waals surface area contributed by atoms with Crippen LogP contribution < -0.4 is 0 Å². The number of carboxylic acid groups (broad SMARTS) is 1. The van der Waals surface area contributed by atoms with Gasteiger partial charge in [-0.15, -0.1) is 24.8 Å². The molecule has 1 heterocycles. The van der Waals surface area contributed by atoms with Crippen LogP contribution in [0.3, 0.4) is 0 Å². The second kappa shape index (κ2) is 12.6. The number of carbonyl (C=O) groups is 1. The third-order valence-corrected chi connectivity index (χ3v) is 5.35. The zero-order valence-electron chi connectivity index (χ0n) is 15.7. The summed E-state index contributed by atoms with van der Waals surface area (Å²) in [5.41, 5.74) is 1.42. The summed E-state index contributed by atoms with van der Waals surface area (Å²) in [7, 11) is 6.15. The highest BCUT2D eigenvalue weighted by molar-refractivity contribution is 6.26. The van der Waals surface area contributed by atoms with E-state index in [1.165, 1.54) is 18.4 Å². The number of halogens is 2. The molecule has 6 heteroatoms. The van der Waals surface area contributed by atoms with Gasteiger partial charge in [0.2, 0.25) is 0 Å². The van der Waals surface area contributed by atoms with E-state index in [4.69, 9.17) is 7.85 Å². The Labute approximate surface area is 172 Å². The lowest BCUT2D eigenvalue weighted by molar-refractivity contribution is -0.141. The van der Waals surface area contributed by atoms with E-state index >= 15 is 0 Å². The normalized spacial score (nSPS) is 17.6. The summed E-state index contributed by atoms with van der Waals surface area (Å²) < 4.78 is 0. The molecule has 1 aromatic carbocycles. The van der Waals surface area contributed by atoms with Crippen LogP contribution in [0.1, 0.15) is 51.0 Å². The Morgan fingerprint density at radius 1 is 1.19 bits per heavy atom. The molecular weight excluding hydrogens is 368 g/mol. The molecule has 0 saturated carbocycles. The first kappa shape index (κ1) is 25.3. The van der Waals surface area contributed by atoms with Gasteiger partial charge in [0.15, 0.2) is 0 Å². The highest BCUT2D eigenvalue weighted by Gasteiger charge is 2.32. The predicted octanol–water partition coefficient (Wildman–Crippen LogP) is 4.78. The van der Waals surface area contributed by atoms with Gasteiger partial charge in [-0.3, -0.25) is 4.79 Å². The number of hydrogen-bond acceptors (Lipinski definition) is 2. The van der Waals surface area contributed by atoms with E-state index in [0.29, 0.717) is 12.8 Å². The van der Waals surface area contributed by atoms with Crippen LogP contribution in [0.5, 0.6) is 0 Å². The fraction of sp³-hybridized carbons (Fsp3) is 0.650. The molecule has 2 radical (unpaired) electrons. The molecule has 0 aliphatic carbocycles. The van der Waals surface area contributed by atoms with Crippen LogP contribution in [0.2, 0.25) is 5.31 Å². The van der Waals surface area contributed by atoms with Gasteiger partial charge in [-0.1, -0.05) is 50.1 Å². The number of benzene rings is 1. The molecule has 0 bridgehead atoms. The average Bonchev–Trinajstić information content (AvgIpc) is 2.60. The fourth-order valence-corrected chi connectivity index (χ4v) is 3.55. The monoisotopic (exact) mass is 399 g/mol. The second-order valence-electron chi connectivity index (χ2n) is 7.29. The quantitative estimate of drug-likeness (QED) is 0.607. The van der Waals surface area contributed by atoms with Gasteiger partial charge < -0.3 is 10.0 Å². The van der Waals surface area contributed by atoms with Crippen molar-refractivity contribution in [2.24, 2.45) is 5.92 Å². The zero-order valence-corrected chi connectivity index (χ0v) is 17.4. The van der Waals surface area contributed by atoms with Crippen LogP contribution in [-0.4, -0.2) is 43.5 Å². The first-order valence-electron chi connectivity index (χ1n) is 9.32. The highest BCUT2D eigenvalue weighted by atomic mass is 35.5. The van der Waals surface area contributed by atoms with Crippen molar-refractivity contribution in [3.8, 4) is 0 Å². The Morgan fingerprint density at radius 3 is 2.35 bits per heavy atom. The van der Waals surface area contributed by atoms with Crippen molar-refractivity contribution < 1.29 is 9.90 Å². The number of carboxylic acids is 1. The van der Waals surface area contributed by atoms with Gasteiger partial charge in [0.05, 0.1) is 7.85 Å². The summed E-state index contributed by atoms with van der Waals surface area (Å²) in [5, 5.41) is 8.39. The van der Waals surface area contributed by atoms with Crippen LogP contribution in [0.15, 0.2) is 30.3 Å². The zero-order chi connectivity index (χ0) is 17.4. The number of aliphatic carboxylic acids is 1. The van der Waals surface area contributed by atoms with Crippen LogP contribution in [0.25, 0.3) is 0 Å². The van der Waals surface area contributed by atoms with Gasteiger partial charge in [-0.25, -0.2) is 0 Å². The van der Waals surface area contributed by atoms with Gasteiger partial charge in [-0.05, 0) is 63.2 Å². The molecule has 1 aliphatic rings. The van der Waals surface area contributed by atoms with E-state index in [2.05, 4.69) is 42.2 Å². The first-order chi connectivity index (χ1) is 11.5. The summed E-state index contributed by atoms with van der Waals surface area (Å²) in [4.78, 5) is 13.9. The molecule has 26 heavy (non-hydrogen) atoms. The van der Waals surface area contributed by atoms with Crippen molar-refractivity contribution in [3.05, 3.63) is 35.9 Å². The van der Waals surface area contributed by atoms with Crippen molar-refractivity contribution in [3.63, 3.8) is 0 Å². The first-order valence-corrected chi connectivity index (χ1v) is 9.32. The summed E-state index contributed by atoms with van der Waals surface area (Å²) in [6.07, 6.45) is 6.51. The van der Waals surface area contributed by atoms with Crippen molar-refractivity contribution >= 4 is 38.6 Å². The van der Waals surface area contributed by atoms with Crippen molar-refractivity contribution in [2.75, 3.05) is 19.6 Å². The van der Waals surface area contributed by atoms with E-state index < -0.39 is 11.3 Å². The van der Waals surface area contributed by atoms with Crippen molar-refractivity contribution in [1.82, 2.24) is 4.90 Å². The van der Waals surface area contributed by atoms with E-state index in [9.17, 15) is 9.90 Å². The molecule has 1 atom stereocenters. The summed E-state index contributed by atoms with van der Waals surface area (Å²) in [5.74, 6) is -0.110. The smallest absolute Gasteiger partial charge is 0.300 e. The number of likely N-dealkylation sites (tertiary alicyclic amines) is 1. The average molecular weight is 400 g/mol. The second-order valence-corrected chi connectivity index (χ2v) is 7.29. The van der Waals surface area contributed by atoms with E-state index in [-0.39, 0.29) is 24.8 Å². The summed E-state index contributed by atoms with van der Waals surface area (Å²) in [6, 6.07) is 10.7. The predicted molar refractivity (Wildman–Crippen MR) is 114 cm³/mol. The highest BCUT2D eigenvalue weighted by Crippen LogP contribution is 2.34. The van der Waals surface area contributed by atoms with Gasteiger partial charge in [0.25, 0.3) is 0 Å². The molecule has 0 spiro atoms. The van der Waals surface area contributed by atoms with E-state index in [1.807, 2.05) is 0 Å². The van der Waals surface area contributed by atoms with Gasteiger partial charge >= 0.3 is 5.97 Å². The third-order valence-electron chi connectivity index (χ3n) is 5.35. The lowest BCUT2D eigenvalue weighted by Crippen LogP contribution is -2.37. The fourth-order valence-electron chi connectivity index (χ4n) is 3.55. The SMILES string of the molecule is Cl.Cl.[B]C(CCCC)(CCN1CCC(Cc2ccccc2)CC1)C(=O)O. The van der Waals surface area contributed by atoms with Crippen molar-refractivity contribution in [1.29, 1.82) is 0 Å². The lowest BCUT2D eigenvalue weighted by Gasteiger charge is -2.34. The third kappa shape index (κ3) is 7.90. The molecule has 1 saturated heterocycles. The largest absolute Gasteiger partial charge is 0.481 e. The van der Waals surface area contributed by atoms with E-state index in [0.717, 1.165) is 44.8 Å². The van der Waals surface area contributed by atoms with Gasteiger partial charge in [0.1, 0.15) is 0 Å². The molecule has 1 aromatic rings. The van der Waals surface area contributed by atoms with Crippen molar-refractivity contribution in [2.45, 2.75) is 57.2 Å². The Morgan fingerprint density at radius 2 is 1.81 bits per heavy atom. The minimum Gasteiger partial charge on any atom is -0.481 e. The molecule has 3 nitrogen and oxygen atoms in total.